The van der Waals surface area contributed by atoms with Crippen LogP contribution in [0.25, 0.3) is 0 Å². The van der Waals surface area contributed by atoms with Crippen molar-refractivity contribution in [3.63, 3.8) is 0 Å². The molecule has 0 bridgehead atoms. The van der Waals surface area contributed by atoms with Crippen LogP contribution in [0.15, 0.2) is 18.0 Å². The first-order valence-electron chi connectivity index (χ1n) is 5.04. The van der Waals surface area contributed by atoms with Gasteiger partial charge >= 0.3 is 5.97 Å². The molecule has 0 aliphatic rings. The number of thiazole rings is 1. The quantitative estimate of drug-likeness (QED) is 0.771. The van der Waals surface area contributed by atoms with Gasteiger partial charge in [-0.05, 0) is 6.92 Å². The van der Waals surface area contributed by atoms with Gasteiger partial charge in [-0.1, -0.05) is 6.08 Å². The van der Waals surface area contributed by atoms with Crippen LogP contribution in [-0.4, -0.2) is 40.0 Å². The molecule has 1 N–H and O–H groups in total. The molecule has 1 rings (SSSR count). The van der Waals surface area contributed by atoms with Crippen LogP contribution in [0.4, 0.5) is 0 Å². The van der Waals surface area contributed by atoms with Crippen LogP contribution in [-0.2, 0) is 16.0 Å². The van der Waals surface area contributed by atoms with E-state index in [-0.39, 0.29) is 25.4 Å². The van der Waals surface area contributed by atoms with Gasteiger partial charge in [-0.15, -0.1) is 17.9 Å². The van der Waals surface area contributed by atoms with Gasteiger partial charge in [0.15, 0.2) is 0 Å². The molecule has 1 aromatic rings. The molecule has 0 spiro atoms. The van der Waals surface area contributed by atoms with Crippen molar-refractivity contribution in [1.29, 1.82) is 0 Å². The molecule has 1 amide bonds. The fraction of sp³-hybridized carbons (Fsp3) is 0.364. The molecule has 1 heterocycles. The highest BCUT2D eigenvalue weighted by atomic mass is 32.1. The third-order valence-corrected chi connectivity index (χ3v) is 2.85. The highest BCUT2D eigenvalue weighted by molar-refractivity contribution is 7.09. The summed E-state index contributed by atoms with van der Waals surface area (Å²) in [5.74, 6) is -1.28. The van der Waals surface area contributed by atoms with Gasteiger partial charge in [-0.3, -0.25) is 9.59 Å². The monoisotopic (exact) mass is 254 g/mol. The third kappa shape index (κ3) is 4.36. The average molecular weight is 254 g/mol. The van der Waals surface area contributed by atoms with Gasteiger partial charge in [0.2, 0.25) is 5.91 Å². The lowest BCUT2D eigenvalue weighted by molar-refractivity contribution is -0.143. The molecule has 92 valence electrons. The molecule has 17 heavy (non-hydrogen) atoms. The minimum atomic E-state index is -1.03. The maximum absolute atomic E-state index is 11.8. The van der Waals surface area contributed by atoms with Crippen LogP contribution in [0.1, 0.15) is 10.7 Å². The van der Waals surface area contributed by atoms with Crippen LogP contribution in [0.3, 0.4) is 0 Å². The van der Waals surface area contributed by atoms with Crippen molar-refractivity contribution in [2.75, 3.05) is 13.1 Å². The van der Waals surface area contributed by atoms with Crippen LogP contribution in [0.2, 0.25) is 0 Å². The van der Waals surface area contributed by atoms with Crippen molar-refractivity contribution in [1.82, 2.24) is 9.88 Å². The highest BCUT2D eigenvalue weighted by Gasteiger charge is 2.16. The summed E-state index contributed by atoms with van der Waals surface area (Å²) in [4.78, 5) is 27.8. The molecular formula is C11H14N2O3S. The lowest BCUT2D eigenvalue weighted by Crippen LogP contribution is -2.36. The molecule has 6 heteroatoms. The SMILES string of the molecule is C=CCN(CC(=O)O)C(=O)Cc1csc(C)n1. The number of aliphatic carboxylic acids is 1. The van der Waals surface area contributed by atoms with Crippen molar-refractivity contribution in [3.8, 4) is 0 Å². The molecule has 5 nitrogen and oxygen atoms in total. The summed E-state index contributed by atoms with van der Waals surface area (Å²) in [5, 5.41) is 11.4. The minimum Gasteiger partial charge on any atom is -0.480 e. The summed E-state index contributed by atoms with van der Waals surface area (Å²) >= 11 is 1.47. The Labute approximate surface area is 103 Å². The number of rotatable bonds is 6. The van der Waals surface area contributed by atoms with Gasteiger partial charge in [-0.2, -0.15) is 0 Å². The number of hydrogen-bond acceptors (Lipinski definition) is 4. The summed E-state index contributed by atoms with van der Waals surface area (Å²) in [6.07, 6.45) is 1.64. The van der Waals surface area contributed by atoms with Crippen molar-refractivity contribution >= 4 is 23.2 Å². The molecular weight excluding hydrogens is 240 g/mol. The first kappa shape index (κ1) is 13.4. The van der Waals surface area contributed by atoms with Crippen molar-refractivity contribution < 1.29 is 14.7 Å². The first-order valence-corrected chi connectivity index (χ1v) is 5.92. The Morgan fingerprint density at radius 2 is 2.35 bits per heavy atom. The van der Waals surface area contributed by atoms with Crippen LogP contribution in [0, 0.1) is 6.92 Å². The topological polar surface area (TPSA) is 70.5 Å². The van der Waals surface area contributed by atoms with Gasteiger partial charge in [0.25, 0.3) is 0 Å². The summed E-state index contributed by atoms with van der Waals surface area (Å²) in [7, 11) is 0. The number of aromatic nitrogens is 1. The third-order valence-electron chi connectivity index (χ3n) is 2.03. The van der Waals surface area contributed by atoms with Crippen molar-refractivity contribution in [3.05, 3.63) is 28.7 Å². The lowest BCUT2D eigenvalue weighted by atomic mass is 10.3. The van der Waals surface area contributed by atoms with Gasteiger partial charge in [0.05, 0.1) is 17.1 Å². The van der Waals surface area contributed by atoms with E-state index in [0.29, 0.717) is 5.69 Å². The molecule has 0 unspecified atom stereocenters. The number of carbonyl (C=O) groups is 2. The van der Waals surface area contributed by atoms with E-state index in [1.54, 1.807) is 5.38 Å². The number of aryl methyl sites for hydroxylation is 1. The minimum absolute atomic E-state index is 0.130. The lowest BCUT2D eigenvalue weighted by Gasteiger charge is -2.18. The van der Waals surface area contributed by atoms with Crippen LogP contribution < -0.4 is 0 Å². The highest BCUT2D eigenvalue weighted by Crippen LogP contribution is 2.09. The Balaban J connectivity index is 2.64. The van der Waals surface area contributed by atoms with Gasteiger partial charge in [0, 0.05) is 11.9 Å². The van der Waals surface area contributed by atoms with Crippen molar-refractivity contribution in [2.24, 2.45) is 0 Å². The smallest absolute Gasteiger partial charge is 0.323 e. The maximum atomic E-state index is 11.8. The summed E-state index contributed by atoms with van der Waals surface area (Å²) < 4.78 is 0. The van der Waals surface area contributed by atoms with E-state index < -0.39 is 5.97 Å². The second-order valence-electron chi connectivity index (χ2n) is 3.49. The first-order chi connectivity index (χ1) is 8.02. The normalized spacial score (nSPS) is 9.94. The molecule has 0 saturated heterocycles. The molecule has 0 saturated carbocycles. The number of amides is 1. The van der Waals surface area contributed by atoms with E-state index in [1.165, 1.54) is 22.3 Å². The van der Waals surface area contributed by atoms with Gasteiger partial charge < -0.3 is 10.0 Å². The largest absolute Gasteiger partial charge is 0.480 e. The Morgan fingerprint density at radius 3 is 2.82 bits per heavy atom. The molecule has 0 atom stereocenters. The zero-order chi connectivity index (χ0) is 12.8. The van der Waals surface area contributed by atoms with E-state index in [9.17, 15) is 9.59 Å². The second-order valence-corrected chi connectivity index (χ2v) is 4.55. The average Bonchev–Trinajstić information content (AvgIpc) is 2.62. The van der Waals surface area contributed by atoms with Gasteiger partial charge in [-0.25, -0.2) is 4.98 Å². The van der Waals surface area contributed by atoms with Crippen LogP contribution >= 0.6 is 11.3 Å². The molecule has 0 aromatic carbocycles. The molecule has 0 aliphatic carbocycles. The fourth-order valence-corrected chi connectivity index (χ4v) is 1.94. The zero-order valence-electron chi connectivity index (χ0n) is 9.55. The fourth-order valence-electron chi connectivity index (χ4n) is 1.33. The maximum Gasteiger partial charge on any atom is 0.323 e. The number of carboxylic acid groups (broad SMARTS) is 1. The van der Waals surface area contributed by atoms with Crippen LogP contribution in [0.5, 0.6) is 0 Å². The van der Waals surface area contributed by atoms with E-state index in [1.807, 2.05) is 6.92 Å². The predicted molar refractivity (Wildman–Crippen MR) is 65.0 cm³/mol. The Hall–Kier alpha value is -1.69. The van der Waals surface area contributed by atoms with E-state index in [4.69, 9.17) is 5.11 Å². The predicted octanol–water partition coefficient (Wildman–Crippen LogP) is 1.09. The van der Waals surface area contributed by atoms with Gasteiger partial charge in [0.1, 0.15) is 6.54 Å². The standard InChI is InChI=1S/C11H14N2O3S/c1-3-4-13(6-11(15)16)10(14)5-9-7-17-8(2)12-9/h3,7H,1,4-6H2,2H3,(H,15,16). The Morgan fingerprint density at radius 1 is 1.65 bits per heavy atom. The number of carbonyl (C=O) groups excluding carboxylic acids is 1. The summed E-state index contributed by atoms with van der Waals surface area (Å²) in [5.41, 5.74) is 0.678. The summed E-state index contributed by atoms with van der Waals surface area (Å²) in [6, 6.07) is 0. The molecule has 0 radical (unpaired) electrons. The Bertz CT molecular complexity index is 428. The number of carboxylic acids is 1. The Kier molecular flexibility index (Phi) is 4.84. The molecule has 0 aliphatic heterocycles. The number of nitrogens with zero attached hydrogens (tertiary/aromatic N) is 2. The van der Waals surface area contributed by atoms with Crippen molar-refractivity contribution in [2.45, 2.75) is 13.3 Å². The van der Waals surface area contributed by atoms with E-state index in [0.717, 1.165) is 5.01 Å². The van der Waals surface area contributed by atoms with E-state index in [2.05, 4.69) is 11.6 Å². The van der Waals surface area contributed by atoms with E-state index >= 15 is 0 Å². The summed E-state index contributed by atoms with van der Waals surface area (Å²) in [6.45, 7) is 5.28. The molecule has 1 aromatic heterocycles. The zero-order valence-corrected chi connectivity index (χ0v) is 10.4. The number of hydrogen-bond donors (Lipinski definition) is 1. The molecule has 0 fully saturated rings. The second kappa shape index (κ2) is 6.15.